The number of piperidine rings is 2. The Bertz CT molecular complexity index is 2240. The minimum Gasteiger partial charge on any atom is -0.339 e. The van der Waals surface area contributed by atoms with E-state index in [1.165, 1.54) is 0 Å². The third kappa shape index (κ3) is 6.09. The molecule has 4 aliphatic heterocycles. The molecule has 5 heterocycles. The van der Waals surface area contributed by atoms with Crippen molar-refractivity contribution in [2.24, 2.45) is 0 Å². The molecular weight excluding hydrogens is 694 g/mol. The van der Waals surface area contributed by atoms with Crippen LogP contribution in [0.4, 0.5) is 5.69 Å². The lowest BCUT2D eigenvalue weighted by Gasteiger charge is -2.36. The highest BCUT2D eigenvalue weighted by Gasteiger charge is 2.45. The second-order valence-electron chi connectivity index (χ2n) is 14.2. The molecule has 2 saturated heterocycles. The summed E-state index contributed by atoms with van der Waals surface area (Å²) in [5.74, 6) is -2.00. The van der Waals surface area contributed by atoms with Gasteiger partial charge in [0.05, 0.1) is 29.9 Å². The van der Waals surface area contributed by atoms with Gasteiger partial charge in [-0.1, -0.05) is 35.9 Å². The van der Waals surface area contributed by atoms with Crippen LogP contribution in [0.25, 0.3) is 16.1 Å². The second kappa shape index (κ2) is 13.4. The van der Waals surface area contributed by atoms with Crippen molar-refractivity contribution in [1.82, 2.24) is 29.8 Å². The molecular formula is C40H36ClN7O5. The Morgan fingerprint density at radius 3 is 2.19 bits per heavy atom. The number of likely N-dealkylation sites (tertiary alicyclic amines) is 1. The predicted molar refractivity (Wildman–Crippen MR) is 195 cm³/mol. The quantitative estimate of drug-likeness (QED) is 0.207. The third-order valence-electron chi connectivity index (χ3n) is 11.2. The van der Waals surface area contributed by atoms with Crippen LogP contribution in [0.3, 0.4) is 0 Å². The first-order valence-electron chi connectivity index (χ1n) is 17.7. The van der Waals surface area contributed by atoms with Crippen molar-refractivity contribution >= 4 is 46.8 Å². The lowest BCUT2D eigenvalue weighted by Crippen LogP contribution is -2.54. The average Bonchev–Trinajstić information content (AvgIpc) is 3.78. The van der Waals surface area contributed by atoms with Crippen LogP contribution in [0.15, 0.2) is 54.6 Å². The molecule has 4 aliphatic rings. The number of rotatable bonds is 6. The molecule has 13 heteroatoms. The summed E-state index contributed by atoms with van der Waals surface area (Å²) in [5, 5.41) is 7.49. The third-order valence-corrected chi connectivity index (χ3v) is 11.5. The highest BCUT2D eigenvalue weighted by molar-refractivity contribution is 6.33. The van der Waals surface area contributed by atoms with Gasteiger partial charge in [-0.2, -0.15) is 5.10 Å². The zero-order valence-electron chi connectivity index (χ0n) is 29.3. The normalized spacial score (nSPS) is 19.0. The van der Waals surface area contributed by atoms with E-state index in [1.807, 2.05) is 53.8 Å². The first-order valence-corrected chi connectivity index (χ1v) is 18.1. The lowest BCUT2D eigenvalue weighted by molar-refractivity contribution is -0.136. The lowest BCUT2D eigenvalue weighted by atomic mass is 10.0. The zero-order valence-corrected chi connectivity index (χ0v) is 30.1. The number of hydrogen-bond acceptors (Lipinski definition) is 7. The number of aromatic nitrogens is 2. The maximum absolute atomic E-state index is 13.5. The molecule has 4 aromatic rings. The first-order chi connectivity index (χ1) is 25.5. The molecule has 8 rings (SSSR count). The van der Waals surface area contributed by atoms with Crippen LogP contribution < -0.4 is 5.32 Å². The monoisotopic (exact) mass is 729 g/mol. The van der Waals surface area contributed by atoms with E-state index >= 15 is 0 Å². The summed E-state index contributed by atoms with van der Waals surface area (Å²) in [6.07, 6.45) is 1.83. The number of carbonyl (C=O) groups is 5. The Hall–Kier alpha value is -5.64. The van der Waals surface area contributed by atoms with Crippen molar-refractivity contribution in [3.8, 4) is 11.3 Å². The van der Waals surface area contributed by atoms with Crippen LogP contribution in [0.5, 0.6) is 0 Å². The summed E-state index contributed by atoms with van der Waals surface area (Å²) in [7, 11) is 0. The summed E-state index contributed by atoms with van der Waals surface area (Å²) in [5.41, 5.74) is 8.40. The molecule has 12 nitrogen and oxygen atoms in total. The molecule has 0 aliphatic carbocycles. The van der Waals surface area contributed by atoms with Crippen LogP contribution in [-0.4, -0.2) is 79.2 Å². The van der Waals surface area contributed by atoms with E-state index in [2.05, 4.69) is 15.1 Å². The van der Waals surface area contributed by atoms with Gasteiger partial charge in [0, 0.05) is 60.5 Å². The van der Waals surface area contributed by atoms with E-state index < -0.39 is 29.7 Å². The molecule has 3 aromatic carbocycles. The van der Waals surface area contributed by atoms with Crippen molar-refractivity contribution in [2.75, 3.05) is 13.1 Å². The van der Waals surface area contributed by atoms with E-state index in [-0.39, 0.29) is 24.8 Å². The van der Waals surface area contributed by atoms with E-state index in [0.717, 1.165) is 56.9 Å². The molecule has 1 unspecified atom stereocenters. The zero-order chi connectivity index (χ0) is 37.1. The number of amides is 5. The number of imide groups is 2. The SMILES string of the molecule is [C-]#[N+]c1ccc(-c2nn(Cc3ccc(C(=O)N4CCC(N5Cc6cc7c(cc6C5)C(=O)N(C5CCC(=O)NC5=O)C7=O)CC4)cc3)c(C)c2C)cc1Cl. The fraction of sp³-hybridized carbons (Fsp3) is 0.325. The highest BCUT2D eigenvalue weighted by atomic mass is 35.5. The van der Waals surface area contributed by atoms with E-state index in [9.17, 15) is 24.0 Å². The number of fused-ring (bicyclic) bond motifs is 2. The Kier molecular flexibility index (Phi) is 8.71. The molecule has 0 saturated carbocycles. The maximum Gasteiger partial charge on any atom is 0.262 e. The highest BCUT2D eigenvalue weighted by Crippen LogP contribution is 2.36. The van der Waals surface area contributed by atoms with Gasteiger partial charge < -0.3 is 4.90 Å². The Morgan fingerprint density at radius 2 is 1.58 bits per heavy atom. The number of benzene rings is 3. The van der Waals surface area contributed by atoms with Gasteiger partial charge in [0.25, 0.3) is 17.7 Å². The summed E-state index contributed by atoms with van der Waals surface area (Å²) in [6, 6.07) is 15.9. The van der Waals surface area contributed by atoms with Crippen LogP contribution in [0.1, 0.15) is 84.7 Å². The van der Waals surface area contributed by atoms with E-state index in [4.69, 9.17) is 23.3 Å². The number of hydrogen-bond donors (Lipinski definition) is 1. The van der Waals surface area contributed by atoms with Gasteiger partial charge in [0.1, 0.15) is 6.04 Å². The molecule has 268 valence electrons. The molecule has 1 N–H and O–H groups in total. The molecule has 0 spiro atoms. The number of carbonyl (C=O) groups excluding carboxylic acids is 5. The first kappa shape index (κ1) is 34.4. The smallest absolute Gasteiger partial charge is 0.262 e. The molecule has 53 heavy (non-hydrogen) atoms. The van der Waals surface area contributed by atoms with Crippen molar-refractivity contribution in [2.45, 2.75) is 71.2 Å². The van der Waals surface area contributed by atoms with Gasteiger partial charge in [0.15, 0.2) is 0 Å². The molecule has 0 bridgehead atoms. The summed E-state index contributed by atoms with van der Waals surface area (Å²) < 4.78 is 1.94. The standard InChI is InChI=1S/C40H36ClN7O5/c1-22-23(2)47(44-36(22)26-8-9-33(42-3)32(41)18-26)19-24-4-6-25(7-5-24)38(51)45-14-12-29(13-15-45)46-20-27-16-30-31(17-28(27)21-46)40(53)48(39(30)52)34-10-11-35(49)43-37(34)50/h4-9,16-18,29,34H,10-15,19-21H2,1-2H3,(H,43,49,50). The second-order valence-corrected chi connectivity index (χ2v) is 14.6. The summed E-state index contributed by atoms with van der Waals surface area (Å²) in [6.45, 7) is 14.4. The summed E-state index contributed by atoms with van der Waals surface area (Å²) in [4.78, 5) is 72.9. The largest absolute Gasteiger partial charge is 0.339 e. The van der Waals surface area contributed by atoms with Gasteiger partial charge in [-0.05, 0) is 85.7 Å². The van der Waals surface area contributed by atoms with E-state index in [1.54, 1.807) is 24.3 Å². The maximum atomic E-state index is 13.5. The van der Waals surface area contributed by atoms with Crippen LogP contribution in [0, 0.1) is 20.4 Å². The fourth-order valence-electron chi connectivity index (χ4n) is 8.00. The van der Waals surface area contributed by atoms with E-state index in [0.29, 0.717) is 60.1 Å². The van der Waals surface area contributed by atoms with Gasteiger partial charge in [-0.15, -0.1) is 0 Å². The predicted octanol–water partition coefficient (Wildman–Crippen LogP) is 5.44. The van der Waals surface area contributed by atoms with Gasteiger partial charge in [-0.3, -0.25) is 43.8 Å². The Balaban J connectivity index is 0.869. The van der Waals surface area contributed by atoms with Crippen molar-refractivity contribution in [3.05, 3.63) is 116 Å². The minimum atomic E-state index is -0.982. The molecule has 2 fully saturated rings. The van der Waals surface area contributed by atoms with Crippen LogP contribution >= 0.6 is 11.6 Å². The molecule has 0 radical (unpaired) electrons. The van der Waals surface area contributed by atoms with Crippen molar-refractivity contribution < 1.29 is 24.0 Å². The van der Waals surface area contributed by atoms with Crippen LogP contribution in [-0.2, 0) is 29.2 Å². The Labute approximate surface area is 311 Å². The van der Waals surface area contributed by atoms with Crippen LogP contribution in [0.2, 0.25) is 5.02 Å². The number of nitrogens with zero attached hydrogens (tertiary/aromatic N) is 6. The average molecular weight is 730 g/mol. The topological polar surface area (TPSA) is 129 Å². The Morgan fingerprint density at radius 1 is 0.925 bits per heavy atom. The molecule has 5 amide bonds. The summed E-state index contributed by atoms with van der Waals surface area (Å²) >= 11 is 6.30. The van der Waals surface area contributed by atoms with Gasteiger partial charge >= 0.3 is 0 Å². The molecule has 1 aromatic heterocycles. The van der Waals surface area contributed by atoms with Crippen molar-refractivity contribution in [3.63, 3.8) is 0 Å². The van der Waals surface area contributed by atoms with Crippen molar-refractivity contribution in [1.29, 1.82) is 0 Å². The minimum absolute atomic E-state index is 0.00173. The van der Waals surface area contributed by atoms with Gasteiger partial charge in [0.2, 0.25) is 17.5 Å². The molecule has 1 atom stereocenters. The van der Waals surface area contributed by atoms with Gasteiger partial charge in [-0.25, -0.2) is 4.85 Å². The fourth-order valence-corrected chi connectivity index (χ4v) is 8.23. The number of nitrogens with one attached hydrogen (secondary N) is 1. The number of halogens is 1.